The number of carbonyl (C=O) groups is 1. The van der Waals surface area contributed by atoms with Crippen LogP contribution in [0, 0.1) is 0 Å². The molecule has 1 aromatic heterocycles. The highest BCUT2D eigenvalue weighted by Gasteiger charge is 2.21. The fraction of sp³-hybridized carbons (Fsp3) is 0.545. The van der Waals surface area contributed by atoms with Crippen molar-refractivity contribution in [2.75, 3.05) is 31.3 Å². The smallest absolute Gasteiger partial charge is 0.177 e. The van der Waals surface area contributed by atoms with Gasteiger partial charge in [0, 0.05) is 20.5 Å². The second-order valence-electron chi connectivity index (χ2n) is 3.66. The standard InChI is InChI=1S/C11H18N2O2S/c1-5-6-13(3)11-9(15-4)8(12)10(16-11)7(2)14/h5-6,12H2,1-4H3. The van der Waals surface area contributed by atoms with Gasteiger partial charge in [0.2, 0.25) is 0 Å². The summed E-state index contributed by atoms with van der Waals surface area (Å²) in [5.74, 6) is 0.600. The number of anilines is 2. The van der Waals surface area contributed by atoms with Crippen molar-refractivity contribution in [1.29, 1.82) is 0 Å². The second-order valence-corrected chi connectivity index (χ2v) is 4.66. The van der Waals surface area contributed by atoms with E-state index in [1.165, 1.54) is 18.3 Å². The molecule has 0 unspecified atom stereocenters. The maximum absolute atomic E-state index is 11.4. The Morgan fingerprint density at radius 2 is 2.19 bits per heavy atom. The molecular weight excluding hydrogens is 224 g/mol. The Morgan fingerprint density at radius 1 is 1.56 bits per heavy atom. The van der Waals surface area contributed by atoms with Crippen LogP contribution in [0.1, 0.15) is 29.9 Å². The molecule has 1 aromatic rings. The molecule has 0 aliphatic carbocycles. The Balaban J connectivity index is 3.18. The van der Waals surface area contributed by atoms with Gasteiger partial charge in [0.25, 0.3) is 0 Å². The quantitative estimate of drug-likeness (QED) is 0.805. The van der Waals surface area contributed by atoms with Gasteiger partial charge in [-0.25, -0.2) is 0 Å². The normalized spacial score (nSPS) is 10.2. The SMILES string of the molecule is CCCN(C)c1sc(C(C)=O)c(N)c1OC. The van der Waals surface area contributed by atoms with Crippen molar-refractivity contribution in [1.82, 2.24) is 0 Å². The molecule has 4 nitrogen and oxygen atoms in total. The van der Waals surface area contributed by atoms with Crippen LogP contribution in [-0.4, -0.2) is 26.5 Å². The number of nitrogen functional groups attached to an aromatic ring is 1. The second kappa shape index (κ2) is 5.21. The molecule has 0 amide bonds. The van der Waals surface area contributed by atoms with Gasteiger partial charge in [0.1, 0.15) is 5.00 Å². The first-order valence-electron chi connectivity index (χ1n) is 5.21. The van der Waals surface area contributed by atoms with Gasteiger partial charge >= 0.3 is 0 Å². The van der Waals surface area contributed by atoms with Crippen molar-refractivity contribution >= 4 is 27.8 Å². The number of Topliss-reactive ketones (excluding diaryl/α,β-unsaturated/α-hetero) is 1. The topological polar surface area (TPSA) is 55.6 Å². The summed E-state index contributed by atoms with van der Waals surface area (Å²) in [5, 5.41) is 0.923. The molecular formula is C11H18N2O2S. The van der Waals surface area contributed by atoms with Gasteiger partial charge in [-0.15, -0.1) is 11.3 Å². The lowest BCUT2D eigenvalue weighted by Crippen LogP contribution is -2.17. The van der Waals surface area contributed by atoms with E-state index in [4.69, 9.17) is 10.5 Å². The number of ketones is 1. The van der Waals surface area contributed by atoms with E-state index in [2.05, 4.69) is 11.8 Å². The zero-order valence-corrected chi connectivity index (χ0v) is 11.0. The van der Waals surface area contributed by atoms with Gasteiger partial charge in [-0.1, -0.05) is 6.92 Å². The highest BCUT2D eigenvalue weighted by Crippen LogP contribution is 2.44. The number of ether oxygens (including phenoxy) is 1. The zero-order valence-electron chi connectivity index (χ0n) is 10.2. The highest BCUT2D eigenvalue weighted by molar-refractivity contribution is 7.19. The van der Waals surface area contributed by atoms with Gasteiger partial charge in [-0.05, 0) is 6.42 Å². The van der Waals surface area contributed by atoms with Gasteiger partial charge in [0.05, 0.1) is 17.7 Å². The average Bonchev–Trinajstić information content (AvgIpc) is 2.55. The van der Waals surface area contributed by atoms with Crippen molar-refractivity contribution in [3.63, 3.8) is 0 Å². The molecule has 0 bridgehead atoms. The van der Waals surface area contributed by atoms with Crippen LogP contribution in [0.25, 0.3) is 0 Å². The fourth-order valence-corrected chi connectivity index (χ4v) is 2.64. The largest absolute Gasteiger partial charge is 0.492 e. The van der Waals surface area contributed by atoms with Crippen LogP contribution >= 0.6 is 11.3 Å². The minimum Gasteiger partial charge on any atom is -0.492 e. The molecule has 0 saturated carbocycles. The van der Waals surface area contributed by atoms with Crippen LogP contribution in [-0.2, 0) is 0 Å². The summed E-state index contributed by atoms with van der Waals surface area (Å²) < 4.78 is 5.27. The van der Waals surface area contributed by atoms with Gasteiger partial charge in [-0.3, -0.25) is 4.79 Å². The highest BCUT2D eigenvalue weighted by atomic mass is 32.1. The third-order valence-corrected chi connectivity index (χ3v) is 3.71. The lowest BCUT2D eigenvalue weighted by molar-refractivity contribution is 0.102. The Kier molecular flexibility index (Phi) is 4.18. The number of methoxy groups -OCH3 is 1. The fourth-order valence-electron chi connectivity index (χ4n) is 1.56. The molecule has 0 saturated heterocycles. The molecule has 90 valence electrons. The van der Waals surface area contributed by atoms with Crippen molar-refractivity contribution in [2.45, 2.75) is 20.3 Å². The van der Waals surface area contributed by atoms with Crippen molar-refractivity contribution in [3.8, 4) is 5.75 Å². The van der Waals surface area contributed by atoms with Crippen LogP contribution in [0.5, 0.6) is 5.75 Å². The monoisotopic (exact) mass is 242 g/mol. The summed E-state index contributed by atoms with van der Waals surface area (Å²) in [6.45, 7) is 4.53. The molecule has 0 radical (unpaired) electrons. The summed E-state index contributed by atoms with van der Waals surface area (Å²) in [6.07, 6.45) is 1.03. The molecule has 2 N–H and O–H groups in total. The third-order valence-electron chi connectivity index (χ3n) is 2.31. The Bertz CT molecular complexity index is 388. The van der Waals surface area contributed by atoms with Gasteiger partial charge in [-0.2, -0.15) is 0 Å². The molecule has 16 heavy (non-hydrogen) atoms. The van der Waals surface area contributed by atoms with Crippen molar-refractivity contribution < 1.29 is 9.53 Å². The Hall–Kier alpha value is -1.23. The van der Waals surface area contributed by atoms with Crippen LogP contribution in [0.4, 0.5) is 10.7 Å². The first-order valence-corrected chi connectivity index (χ1v) is 6.02. The Labute approximate surface area is 100 Å². The number of rotatable bonds is 5. The number of carbonyl (C=O) groups excluding carboxylic acids is 1. The molecule has 0 atom stereocenters. The maximum atomic E-state index is 11.4. The van der Waals surface area contributed by atoms with E-state index in [9.17, 15) is 4.79 Å². The minimum atomic E-state index is -0.0167. The van der Waals surface area contributed by atoms with Crippen LogP contribution < -0.4 is 15.4 Å². The lowest BCUT2D eigenvalue weighted by atomic mass is 10.3. The molecule has 1 rings (SSSR count). The van der Waals surface area contributed by atoms with Crippen molar-refractivity contribution in [2.24, 2.45) is 0 Å². The third kappa shape index (κ3) is 2.29. The number of nitrogens with zero attached hydrogens (tertiary/aromatic N) is 1. The minimum absolute atomic E-state index is 0.0167. The van der Waals surface area contributed by atoms with E-state index in [-0.39, 0.29) is 5.78 Å². The predicted molar refractivity (Wildman–Crippen MR) is 68.8 cm³/mol. The van der Waals surface area contributed by atoms with E-state index in [0.29, 0.717) is 16.3 Å². The van der Waals surface area contributed by atoms with Crippen LogP contribution in [0.2, 0.25) is 0 Å². The first-order chi connectivity index (χ1) is 7.52. The number of hydrogen-bond donors (Lipinski definition) is 1. The van der Waals surface area contributed by atoms with E-state index < -0.39 is 0 Å². The summed E-state index contributed by atoms with van der Waals surface area (Å²) in [7, 11) is 3.55. The number of thiophene rings is 1. The van der Waals surface area contributed by atoms with Gasteiger partial charge < -0.3 is 15.4 Å². The number of nitrogens with two attached hydrogens (primary N) is 1. The van der Waals surface area contributed by atoms with E-state index >= 15 is 0 Å². The summed E-state index contributed by atoms with van der Waals surface area (Å²) in [4.78, 5) is 14.0. The van der Waals surface area contributed by atoms with Crippen molar-refractivity contribution in [3.05, 3.63) is 4.88 Å². The summed E-state index contributed by atoms with van der Waals surface area (Å²) >= 11 is 1.39. The number of hydrogen-bond acceptors (Lipinski definition) is 5. The van der Waals surface area contributed by atoms with E-state index in [1.54, 1.807) is 7.11 Å². The molecule has 0 aromatic carbocycles. The summed E-state index contributed by atoms with van der Waals surface area (Å²) in [5.41, 5.74) is 6.34. The maximum Gasteiger partial charge on any atom is 0.177 e. The molecule has 1 heterocycles. The predicted octanol–water partition coefficient (Wildman–Crippen LogP) is 2.39. The van der Waals surface area contributed by atoms with Crippen LogP contribution in [0.3, 0.4) is 0 Å². The van der Waals surface area contributed by atoms with Crippen LogP contribution in [0.15, 0.2) is 0 Å². The van der Waals surface area contributed by atoms with E-state index in [0.717, 1.165) is 18.0 Å². The van der Waals surface area contributed by atoms with Gasteiger partial charge in [0.15, 0.2) is 11.5 Å². The molecule has 0 spiro atoms. The Morgan fingerprint density at radius 3 is 2.62 bits per heavy atom. The molecule has 0 aliphatic rings. The first kappa shape index (κ1) is 12.8. The van der Waals surface area contributed by atoms with E-state index in [1.807, 2.05) is 7.05 Å². The zero-order chi connectivity index (χ0) is 12.3. The lowest BCUT2D eigenvalue weighted by Gasteiger charge is -2.17. The molecule has 0 aliphatic heterocycles. The molecule has 5 heteroatoms. The summed E-state index contributed by atoms with van der Waals surface area (Å²) in [6, 6.07) is 0. The molecule has 0 fully saturated rings. The average molecular weight is 242 g/mol.